The van der Waals surface area contributed by atoms with Crippen LogP contribution in [0.1, 0.15) is 18.1 Å². The molecule has 0 aliphatic rings. The monoisotopic (exact) mass is 518 g/mol. The molecule has 1 amide bonds. The fourth-order valence-electron chi connectivity index (χ4n) is 2.65. The number of nitriles is 1. The lowest BCUT2D eigenvalue weighted by atomic mass is 10.1. The first-order valence-electron chi connectivity index (χ1n) is 9.81. The summed E-state index contributed by atoms with van der Waals surface area (Å²) < 4.78 is 34.7. The van der Waals surface area contributed by atoms with Crippen molar-refractivity contribution in [2.75, 3.05) is 18.2 Å². The Hall–Kier alpha value is -3.46. The highest BCUT2D eigenvalue weighted by Gasteiger charge is 2.20. The summed E-state index contributed by atoms with van der Waals surface area (Å²) in [6.07, 6.45) is 1.36. The second kappa shape index (κ2) is 11.1. The van der Waals surface area contributed by atoms with Crippen LogP contribution in [0.15, 0.2) is 52.4 Å². The smallest absolute Gasteiger partial charge is 0.268 e. The van der Waals surface area contributed by atoms with Gasteiger partial charge in [-0.05, 0) is 29.8 Å². The van der Waals surface area contributed by atoms with Gasteiger partial charge in [0, 0.05) is 10.6 Å². The van der Waals surface area contributed by atoms with E-state index in [1.807, 2.05) is 24.3 Å². The van der Waals surface area contributed by atoms with Crippen LogP contribution in [0.4, 0.5) is 5.13 Å². The van der Waals surface area contributed by atoms with Crippen LogP contribution in [-0.2, 0) is 21.2 Å². The van der Waals surface area contributed by atoms with Crippen LogP contribution in [0.25, 0.3) is 6.08 Å². The van der Waals surface area contributed by atoms with Crippen LogP contribution in [0.3, 0.4) is 0 Å². The fourth-order valence-corrected chi connectivity index (χ4v) is 4.83. The summed E-state index contributed by atoms with van der Waals surface area (Å²) in [7, 11) is -2.07. The van der Waals surface area contributed by atoms with Crippen molar-refractivity contribution in [3.63, 3.8) is 0 Å². The lowest BCUT2D eigenvalue weighted by Gasteiger charge is -2.12. The maximum absolute atomic E-state index is 12.5. The summed E-state index contributed by atoms with van der Waals surface area (Å²) in [5, 5.41) is 19.6. The topological polar surface area (TPSA) is 131 Å². The zero-order chi connectivity index (χ0) is 24.7. The number of nitrogens with zero attached hydrogens (tertiary/aromatic N) is 3. The van der Waals surface area contributed by atoms with Gasteiger partial charge < -0.3 is 9.47 Å². The van der Waals surface area contributed by atoms with Gasteiger partial charge in [-0.2, -0.15) is 5.26 Å². The number of aromatic nitrogens is 2. The quantitative estimate of drug-likeness (QED) is 0.254. The molecule has 1 aromatic heterocycles. The summed E-state index contributed by atoms with van der Waals surface area (Å²) in [4.78, 5) is 12.5. The molecule has 2 aromatic carbocycles. The highest BCUT2D eigenvalue weighted by Crippen LogP contribution is 2.30. The number of carbonyl (C=O) groups excluding carboxylic acids is 1. The molecule has 1 heterocycles. The van der Waals surface area contributed by atoms with Crippen molar-refractivity contribution in [1.82, 2.24) is 10.2 Å². The van der Waals surface area contributed by atoms with Crippen molar-refractivity contribution in [3.05, 3.63) is 64.2 Å². The number of sulfone groups is 1. The number of halogens is 1. The molecule has 9 nitrogen and oxygen atoms in total. The first-order chi connectivity index (χ1) is 16.3. The van der Waals surface area contributed by atoms with Gasteiger partial charge in [0.2, 0.25) is 19.3 Å². The van der Waals surface area contributed by atoms with Crippen LogP contribution < -0.4 is 14.8 Å². The zero-order valence-electron chi connectivity index (χ0n) is 18.1. The van der Waals surface area contributed by atoms with Gasteiger partial charge in [-0.3, -0.25) is 10.1 Å². The molecule has 34 heavy (non-hydrogen) atoms. The second-order valence-electron chi connectivity index (χ2n) is 6.69. The molecular formula is C22H19ClN4O5S2. The van der Waals surface area contributed by atoms with Crippen molar-refractivity contribution in [1.29, 1.82) is 5.26 Å². The van der Waals surface area contributed by atoms with Crippen molar-refractivity contribution >= 4 is 49.9 Å². The lowest BCUT2D eigenvalue weighted by molar-refractivity contribution is -0.112. The minimum absolute atomic E-state index is 0.0286. The molecule has 0 saturated heterocycles. The average Bonchev–Trinajstić information content (AvgIpc) is 3.31. The normalized spacial score (nSPS) is 11.5. The van der Waals surface area contributed by atoms with Gasteiger partial charge in [0.05, 0.1) is 12.9 Å². The van der Waals surface area contributed by atoms with Crippen LogP contribution in [0.2, 0.25) is 5.02 Å². The predicted octanol–water partition coefficient (Wildman–Crippen LogP) is 4.12. The Morgan fingerprint density at radius 3 is 2.68 bits per heavy atom. The maximum Gasteiger partial charge on any atom is 0.268 e. The largest absolute Gasteiger partial charge is 0.493 e. The van der Waals surface area contributed by atoms with E-state index in [2.05, 4.69) is 15.5 Å². The molecule has 0 aliphatic carbocycles. The third-order valence-electron chi connectivity index (χ3n) is 4.48. The molecule has 0 spiro atoms. The first-order valence-corrected chi connectivity index (χ1v) is 12.7. The van der Waals surface area contributed by atoms with E-state index in [1.165, 1.54) is 20.1 Å². The number of carbonyl (C=O) groups is 1. The number of hydrogen-bond donors (Lipinski definition) is 1. The van der Waals surface area contributed by atoms with E-state index in [9.17, 15) is 18.5 Å². The Morgan fingerprint density at radius 2 is 2.00 bits per heavy atom. The third-order valence-corrected chi connectivity index (χ3v) is 7.87. The SMILES string of the molecule is CCS(=O)(=O)c1nnc(NC(=O)C(C#N)=Cc2ccc(OCc3ccccc3Cl)c(OC)c2)s1. The van der Waals surface area contributed by atoms with Gasteiger partial charge in [0.1, 0.15) is 18.2 Å². The fraction of sp³-hybridized carbons (Fsp3) is 0.182. The third kappa shape index (κ3) is 6.11. The highest BCUT2D eigenvalue weighted by molar-refractivity contribution is 7.93. The minimum Gasteiger partial charge on any atom is -0.493 e. The molecule has 176 valence electrons. The second-order valence-corrected chi connectivity index (χ2v) is 10.5. The van der Waals surface area contributed by atoms with E-state index in [4.69, 9.17) is 21.1 Å². The van der Waals surface area contributed by atoms with E-state index >= 15 is 0 Å². The zero-order valence-corrected chi connectivity index (χ0v) is 20.5. The molecule has 0 fully saturated rings. The van der Waals surface area contributed by atoms with E-state index in [1.54, 1.807) is 24.3 Å². The number of amides is 1. The van der Waals surface area contributed by atoms with Crippen LogP contribution in [-0.4, -0.2) is 37.4 Å². The Bertz CT molecular complexity index is 1380. The minimum atomic E-state index is -3.54. The van der Waals surface area contributed by atoms with E-state index in [-0.39, 0.29) is 27.4 Å². The summed E-state index contributed by atoms with van der Waals surface area (Å²) in [5.74, 6) is -0.0334. The standard InChI is InChI=1S/C22H19ClN4O5S2/c1-3-34(29,30)22-27-26-21(33-22)25-20(28)16(12-24)10-14-8-9-18(19(11-14)31-2)32-13-15-6-4-5-7-17(15)23/h4-11H,3,13H2,1-2H3,(H,25,26,28). The number of rotatable bonds is 9. The van der Waals surface area contributed by atoms with E-state index in [0.717, 1.165) is 5.56 Å². The Morgan fingerprint density at radius 1 is 1.24 bits per heavy atom. The first kappa shape index (κ1) is 25.2. The predicted molar refractivity (Wildman–Crippen MR) is 129 cm³/mol. The van der Waals surface area contributed by atoms with Crippen LogP contribution >= 0.6 is 22.9 Å². The van der Waals surface area contributed by atoms with Crippen molar-refractivity contribution < 1.29 is 22.7 Å². The van der Waals surface area contributed by atoms with Crippen LogP contribution in [0, 0.1) is 11.3 Å². The molecule has 0 atom stereocenters. The van der Waals surface area contributed by atoms with Gasteiger partial charge in [-0.15, -0.1) is 10.2 Å². The molecular weight excluding hydrogens is 500 g/mol. The highest BCUT2D eigenvalue weighted by atomic mass is 35.5. The van der Waals surface area contributed by atoms with E-state index in [0.29, 0.717) is 33.4 Å². The number of hydrogen-bond acceptors (Lipinski definition) is 9. The average molecular weight is 519 g/mol. The van der Waals surface area contributed by atoms with Crippen molar-refractivity contribution in [3.8, 4) is 17.6 Å². The Labute approximate surface area is 205 Å². The van der Waals surface area contributed by atoms with Gasteiger partial charge in [-0.25, -0.2) is 8.42 Å². The number of anilines is 1. The Balaban J connectivity index is 1.75. The molecule has 0 bridgehead atoms. The van der Waals surface area contributed by atoms with Gasteiger partial charge in [0.15, 0.2) is 11.5 Å². The maximum atomic E-state index is 12.5. The lowest BCUT2D eigenvalue weighted by Crippen LogP contribution is -2.13. The molecule has 0 saturated carbocycles. The molecule has 0 aliphatic heterocycles. The molecule has 12 heteroatoms. The Kier molecular flexibility index (Phi) is 8.22. The van der Waals surface area contributed by atoms with Gasteiger partial charge in [-0.1, -0.05) is 54.1 Å². The van der Waals surface area contributed by atoms with Crippen LogP contribution in [0.5, 0.6) is 11.5 Å². The molecule has 0 unspecified atom stereocenters. The van der Waals surface area contributed by atoms with Gasteiger partial charge >= 0.3 is 0 Å². The molecule has 0 radical (unpaired) electrons. The molecule has 3 aromatic rings. The number of benzene rings is 2. The van der Waals surface area contributed by atoms with Gasteiger partial charge in [0.25, 0.3) is 5.91 Å². The summed E-state index contributed by atoms with van der Waals surface area (Å²) in [6, 6.07) is 14.1. The number of nitrogens with one attached hydrogen (secondary N) is 1. The van der Waals surface area contributed by atoms with Crippen molar-refractivity contribution in [2.24, 2.45) is 0 Å². The number of methoxy groups -OCH3 is 1. The summed E-state index contributed by atoms with van der Waals surface area (Å²) in [5.41, 5.74) is 1.10. The summed E-state index contributed by atoms with van der Waals surface area (Å²) in [6.45, 7) is 1.71. The number of ether oxygens (including phenoxy) is 2. The van der Waals surface area contributed by atoms with Crippen molar-refractivity contribution in [2.45, 2.75) is 17.9 Å². The molecule has 3 rings (SSSR count). The molecule has 1 N–H and O–H groups in total. The summed E-state index contributed by atoms with van der Waals surface area (Å²) >= 11 is 6.87. The van der Waals surface area contributed by atoms with E-state index < -0.39 is 15.7 Å².